The lowest BCUT2D eigenvalue weighted by Crippen LogP contribution is -2.05. The van der Waals surface area contributed by atoms with Gasteiger partial charge in [0.1, 0.15) is 18.2 Å². The van der Waals surface area contributed by atoms with E-state index in [0.717, 1.165) is 17.8 Å². The minimum Gasteiger partial charge on any atom is -0.384 e. The normalized spacial score (nSPS) is 10.1. The van der Waals surface area contributed by atoms with Gasteiger partial charge in [0.05, 0.1) is 0 Å². The first-order valence-corrected chi connectivity index (χ1v) is 6.12. The third-order valence-electron chi connectivity index (χ3n) is 2.83. The van der Waals surface area contributed by atoms with Gasteiger partial charge < -0.3 is 9.67 Å². The minimum absolute atomic E-state index is 0.235. The topological polar surface area (TPSA) is 38.0 Å². The van der Waals surface area contributed by atoms with E-state index in [1.165, 1.54) is 12.1 Å². The Labute approximate surface area is 111 Å². The van der Waals surface area contributed by atoms with Crippen molar-refractivity contribution in [1.82, 2.24) is 9.55 Å². The Balaban J connectivity index is 2.34. The molecule has 0 aliphatic rings. The van der Waals surface area contributed by atoms with Crippen LogP contribution in [0.1, 0.15) is 23.9 Å². The molecule has 1 heterocycles. The fourth-order valence-electron chi connectivity index (χ4n) is 1.92. The number of nitrogens with zero attached hydrogens (tertiary/aromatic N) is 2. The lowest BCUT2D eigenvalue weighted by Gasteiger charge is -2.09. The van der Waals surface area contributed by atoms with E-state index in [1.807, 2.05) is 17.7 Å². The van der Waals surface area contributed by atoms with Crippen molar-refractivity contribution in [3.8, 4) is 11.8 Å². The first-order chi connectivity index (χ1) is 9.24. The Morgan fingerprint density at radius 2 is 2.26 bits per heavy atom. The highest BCUT2D eigenvalue weighted by atomic mass is 19.1. The number of hydrogen-bond acceptors (Lipinski definition) is 2. The molecule has 0 amide bonds. The van der Waals surface area contributed by atoms with Gasteiger partial charge in [-0.1, -0.05) is 24.8 Å². The molecule has 1 N–H and O–H groups in total. The van der Waals surface area contributed by atoms with Gasteiger partial charge in [0.25, 0.3) is 0 Å². The maximum absolute atomic E-state index is 13.2. The van der Waals surface area contributed by atoms with E-state index in [4.69, 9.17) is 5.11 Å². The Morgan fingerprint density at radius 3 is 3.00 bits per heavy atom. The van der Waals surface area contributed by atoms with E-state index >= 15 is 0 Å². The van der Waals surface area contributed by atoms with Crippen LogP contribution in [0.3, 0.4) is 0 Å². The Bertz CT molecular complexity index is 623. The summed E-state index contributed by atoms with van der Waals surface area (Å²) >= 11 is 0. The van der Waals surface area contributed by atoms with Crippen molar-refractivity contribution in [2.75, 3.05) is 6.61 Å². The average molecular weight is 258 g/mol. The van der Waals surface area contributed by atoms with Crippen LogP contribution in [0.15, 0.2) is 30.6 Å². The summed E-state index contributed by atoms with van der Waals surface area (Å²) in [5, 5.41) is 8.74. The number of aliphatic hydroxyl groups is 1. The zero-order valence-electron chi connectivity index (χ0n) is 10.7. The van der Waals surface area contributed by atoms with Crippen molar-refractivity contribution in [2.45, 2.75) is 19.9 Å². The SMILES string of the molecule is CCc1nccn1Cc1ccc(F)cc1C#CCO. The molecule has 0 fully saturated rings. The van der Waals surface area contributed by atoms with E-state index in [9.17, 15) is 4.39 Å². The van der Waals surface area contributed by atoms with Crippen LogP contribution in [0.4, 0.5) is 4.39 Å². The van der Waals surface area contributed by atoms with Gasteiger partial charge in [-0.25, -0.2) is 9.37 Å². The molecule has 0 radical (unpaired) electrons. The number of hydrogen-bond donors (Lipinski definition) is 1. The summed E-state index contributed by atoms with van der Waals surface area (Å²) in [5.41, 5.74) is 1.51. The third kappa shape index (κ3) is 3.21. The number of aliphatic hydroxyl groups excluding tert-OH is 1. The Hall–Kier alpha value is -2.12. The van der Waals surface area contributed by atoms with Crippen molar-refractivity contribution in [1.29, 1.82) is 0 Å². The molecule has 0 spiro atoms. The molecule has 1 aromatic heterocycles. The molecule has 0 saturated heterocycles. The molecule has 4 heteroatoms. The summed E-state index contributed by atoms with van der Waals surface area (Å²) < 4.78 is 15.3. The summed E-state index contributed by atoms with van der Waals surface area (Å²) in [6, 6.07) is 4.53. The number of aromatic nitrogens is 2. The van der Waals surface area contributed by atoms with Crippen molar-refractivity contribution in [2.24, 2.45) is 0 Å². The van der Waals surface area contributed by atoms with Crippen molar-refractivity contribution < 1.29 is 9.50 Å². The second-order valence-corrected chi connectivity index (χ2v) is 4.09. The number of rotatable bonds is 3. The third-order valence-corrected chi connectivity index (χ3v) is 2.83. The number of imidazole rings is 1. The van der Waals surface area contributed by atoms with E-state index in [-0.39, 0.29) is 12.4 Å². The Kier molecular flexibility index (Phi) is 4.32. The lowest BCUT2D eigenvalue weighted by molar-refractivity contribution is 0.350. The van der Waals surface area contributed by atoms with Crippen LogP contribution in [0.2, 0.25) is 0 Å². The monoisotopic (exact) mass is 258 g/mol. The van der Waals surface area contributed by atoms with Crippen LogP contribution in [-0.4, -0.2) is 21.3 Å². The number of halogens is 1. The fraction of sp³-hybridized carbons (Fsp3) is 0.267. The summed E-state index contributed by atoms with van der Waals surface area (Å²) in [4.78, 5) is 4.25. The highest BCUT2D eigenvalue weighted by molar-refractivity contribution is 5.42. The summed E-state index contributed by atoms with van der Waals surface area (Å²) in [6.07, 6.45) is 4.48. The first-order valence-electron chi connectivity index (χ1n) is 6.12. The molecular formula is C15H15FN2O. The smallest absolute Gasteiger partial charge is 0.124 e. The fourth-order valence-corrected chi connectivity index (χ4v) is 1.92. The van der Waals surface area contributed by atoms with Crippen LogP contribution in [0.25, 0.3) is 0 Å². The van der Waals surface area contributed by atoms with Crippen LogP contribution in [-0.2, 0) is 13.0 Å². The molecule has 0 aliphatic heterocycles. The van der Waals surface area contributed by atoms with Crippen LogP contribution in [0.5, 0.6) is 0 Å². The molecule has 0 bridgehead atoms. The zero-order valence-corrected chi connectivity index (χ0v) is 10.7. The van der Waals surface area contributed by atoms with Gasteiger partial charge in [-0.05, 0) is 17.7 Å². The van der Waals surface area contributed by atoms with Crippen molar-refractivity contribution in [3.63, 3.8) is 0 Å². The van der Waals surface area contributed by atoms with Crippen LogP contribution < -0.4 is 0 Å². The standard InChI is InChI=1S/C15H15FN2O/c1-2-15-17-7-8-18(15)11-13-5-6-14(16)10-12(13)4-3-9-19/h5-8,10,19H,2,9,11H2,1H3. The van der Waals surface area contributed by atoms with E-state index in [1.54, 1.807) is 12.3 Å². The second-order valence-electron chi connectivity index (χ2n) is 4.09. The predicted octanol–water partition coefficient (Wildman–Crippen LogP) is 1.98. The summed E-state index contributed by atoms with van der Waals surface area (Å²) in [5.74, 6) is 5.98. The number of benzene rings is 1. The van der Waals surface area contributed by atoms with Gasteiger partial charge in [-0.15, -0.1) is 0 Å². The molecule has 2 rings (SSSR count). The molecular weight excluding hydrogens is 243 g/mol. The van der Waals surface area contributed by atoms with E-state index < -0.39 is 0 Å². The predicted molar refractivity (Wildman–Crippen MR) is 71.1 cm³/mol. The van der Waals surface area contributed by atoms with Crippen LogP contribution >= 0.6 is 0 Å². The summed E-state index contributed by atoms with van der Waals surface area (Å²) in [6.45, 7) is 2.40. The second kappa shape index (κ2) is 6.17. The molecule has 19 heavy (non-hydrogen) atoms. The molecule has 0 saturated carbocycles. The van der Waals surface area contributed by atoms with Gasteiger partial charge in [0.2, 0.25) is 0 Å². The van der Waals surface area contributed by atoms with Gasteiger partial charge >= 0.3 is 0 Å². The molecule has 0 aliphatic carbocycles. The highest BCUT2D eigenvalue weighted by Crippen LogP contribution is 2.13. The number of aryl methyl sites for hydroxylation is 1. The van der Waals surface area contributed by atoms with E-state index in [0.29, 0.717) is 12.1 Å². The quantitative estimate of drug-likeness (QED) is 0.855. The van der Waals surface area contributed by atoms with Crippen molar-refractivity contribution >= 4 is 0 Å². The molecule has 3 nitrogen and oxygen atoms in total. The van der Waals surface area contributed by atoms with Crippen LogP contribution in [0, 0.1) is 17.7 Å². The largest absolute Gasteiger partial charge is 0.384 e. The van der Waals surface area contributed by atoms with Gasteiger partial charge in [0.15, 0.2) is 0 Å². The zero-order chi connectivity index (χ0) is 13.7. The maximum atomic E-state index is 13.2. The summed E-state index contributed by atoms with van der Waals surface area (Å²) in [7, 11) is 0. The van der Waals surface area contributed by atoms with E-state index in [2.05, 4.69) is 16.8 Å². The van der Waals surface area contributed by atoms with Crippen molar-refractivity contribution in [3.05, 3.63) is 53.4 Å². The Morgan fingerprint density at radius 1 is 1.42 bits per heavy atom. The molecule has 0 unspecified atom stereocenters. The minimum atomic E-state index is -0.327. The average Bonchev–Trinajstić information content (AvgIpc) is 2.86. The molecule has 2 aromatic rings. The molecule has 1 aromatic carbocycles. The van der Waals surface area contributed by atoms with Gasteiger partial charge in [0, 0.05) is 30.9 Å². The van der Waals surface area contributed by atoms with Gasteiger partial charge in [-0.3, -0.25) is 0 Å². The first kappa shape index (κ1) is 13.3. The highest BCUT2D eigenvalue weighted by Gasteiger charge is 2.06. The molecule has 98 valence electrons. The van der Waals surface area contributed by atoms with Gasteiger partial charge in [-0.2, -0.15) is 0 Å². The molecule has 0 atom stereocenters. The lowest BCUT2D eigenvalue weighted by atomic mass is 10.1. The maximum Gasteiger partial charge on any atom is 0.124 e.